The quantitative estimate of drug-likeness (QED) is 0.771. The average Bonchev–Trinajstić information content (AvgIpc) is 2.61. The molecule has 0 saturated carbocycles. The number of carbonyl (C=O) groups is 1. The van der Waals surface area contributed by atoms with Crippen LogP contribution in [0.1, 0.15) is 11.1 Å². The molecular formula is C18H17F2N3O2. The molecule has 2 rings (SSSR count). The molecule has 0 radical (unpaired) electrons. The van der Waals surface area contributed by atoms with E-state index in [0.29, 0.717) is 18.5 Å². The van der Waals surface area contributed by atoms with Gasteiger partial charge in [-0.1, -0.05) is 12.1 Å². The first-order chi connectivity index (χ1) is 12.1. The molecule has 130 valence electrons. The maximum atomic E-state index is 12.1. The van der Waals surface area contributed by atoms with Crippen molar-refractivity contribution in [3.05, 3.63) is 59.7 Å². The highest BCUT2D eigenvalue weighted by atomic mass is 19.3. The van der Waals surface area contributed by atoms with E-state index in [1.165, 1.54) is 12.1 Å². The number of anilines is 1. The molecule has 2 aromatic rings. The van der Waals surface area contributed by atoms with E-state index in [-0.39, 0.29) is 18.2 Å². The lowest BCUT2D eigenvalue weighted by Crippen LogP contribution is -2.31. The summed E-state index contributed by atoms with van der Waals surface area (Å²) in [6.07, 6.45) is 0.581. The van der Waals surface area contributed by atoms with E-state index in [0.717, 1.165) is 11.3 Å². The molecule has 5 nitrogen and oxygen atoms in total. The third kappa shape index (κ3) is 6.47. The van der Waals surface area contributed by atoms with Crippen molar-refractivity contribution >= 4 is 11.6 Å². The Morgan fingerprint density at radius 2 is 1.80 bits per heavy atom. The van der Waals surface area contributed by atoms with Gasteiger partial charge in [0.15, 0.2) is 0 Å². The van der Waals surface area contributed by atoms with Crippen LogP contribution in [-0.2, 0) is 11.2 Å². The minimum absolute atomic E-state index is 0.106. The number of hydrogen-bond acceptors (Lipinski definition) is 4. The Labute approximate surface area is 144 Å². The lowest BCUT2D eigenvalue weighted by molar-refractivity contribution is -0.119. The molecule has 0 bridgehead atoms. The van der Waals surface area contributed by atoms with Crippen LogP contribution >= 0.6 is 0 Å². The highest BCUT2D eigenvalue weighted by Crippen LogP contribution is 2.15. The van der Waals surface area contributed by atoms with E-state index in [1.54, 1.807) is 36.4 Å². The summed E-state index contributed by atoms with van der Waals surface area (Å²) in [7, 11) is 0. The number of halogens is 2. The molecule has 0 aromatic heterocycles. The van der Waals surface area contributed by atoms with Crippen molar-refractivity contribution in [1.29, 1.82) is 5.26 Å². The zero-order valence-electron chi connectivity index (χ0n) is 13.3. The molecule has 0 atom stereocenters. The van der Waals surface area contributed by atoms with Crippen LogP contribution in [0.15, 0.2) is 48.5 Å². The van der Waals surface area contributed by atoms with Gasteiger partial charge in [0, 0.05) is 12.2 Å². The first kappa shape index (κ1) is 18.2. The van der Waals surface area contributed by atoms with E-state index < -0.39 is 6.61 Å². The molecule has 7 heteroatoms. The number of amides is 1. The van der Waals surface area contributed by atoms with E-state index in [9.17, 15) is 13.6 Å². The van der Waals surface area contributed by atoms with Crippen molar-refractivity contribution in [2.24, 2.45) is 0 Å². The van der Waals surface area contributed by atoms with Gasteiger partial charge in [-0.2, -0.15) is 14.0 Å². The third-order valence-corrected chi connectivity index (χ3v) is 3.35. The van der Waals surface area contributed by atoms with Crippen molar-refractivity contribution in [3.8, 4) is 11.8 Å². The maximum Gasteiger partial charge on any atom is 0.387 e. The summed E-state index contributed by atoms with van der Waals surface area (Å²) in [4.78, 5) is 11.8. The summed E-state index contributed by atoms with van der Waals surface area (Å²) < 4.78 is 28.4. The van der Waals surface area contributed by atoms with Gasteiger partial charge in [-0.3, -0.25) is 4.79 Å². The Bertz CT molecular complexity index is 725. The molecule has 0 saturated heterocycles. The number of nitrogens with zero attached hydrogens (tertiary/aromatic N) is 1. The average molecular weight is 345 g/mol. The minimum Gasteiger partial charge on any atom is -0.435 e. The fourth-order valence-electron chi connectivity index (χ4n) is 2.09. The molecule has 25 heavy (non-hydrogen) atoms. The SMILES string of the molecule is N#Cc1ccc(NCC(=O)NCCc2ccc(OC(F)F)cc2)cc1. The molecule has 0 aliphatic heterocycles. The van der Waals surface area contributed by atoms with Crippen LogP contribution in [-0.4, -0.2) is 25.6 Å². The van der Waals surface area contributed by atoms with E-state index in [4.69, 9.17) is 5.26 Å². The van der Waals surface area contributed by atoms with Crippen molar-refractivity contribution in [2.75, 3.05) is 18.4 Å². The Kier molecular flexibility index (Phi) is 6.72. The molecule has 0 unspecified atom stereocenters. The Morgan fingerprint density at radius 1 is 1.12 bits per heavy atom. The number of carbonyl (C=O) groups excluding carboxylic acids is 1. The number of nitrogens with one attached hydrogen (secondary N) is 2. The molecule has 0 aliphatic carbocycles. The van der Waals surface area contributed by atoms with Gasteiger partial charge in [0.25, 0.3) is 0 Å². The topological polar surface area (TPSA) is 74.2 Å². The highest BCUT2D eigenvalue weighted by Gasteiger charge is 2.04. The number of alkyl halides is 2. The predicted molar refractivity (Wildman–Crippen MR) is 89.4 cm³/mol. The van der Waals surface area contributed by atoms with Crippen LogP contribution in [0.4, 0.5) is 14.5 Å². The molecule has 2 aromatic carbocycles. The van der Waals surface area contributed by atoms with Gasteiger partial charge in [0.05, 0.1) is 18.2 Å². The van der Waals surface area contributed by atoms with Gasteiger partial charge >= 0.3 is 6.61 Å². The van der Waals surface area contributed by atoms with Crippen molar-refractivity contribution in [3.63, 3.8) is 0 Å². The van der Waals surface area contributed by atoms with Crippen LogP contribution in [0, 0.1) is 11.3 Å². The van der Waals surface area contributed by atoms with Crippen molar-refractivity contribution in [1.82, 2.24) is 5.32 Å². The monoisotopic (exact) mass is 345 g/mol. The summed E-state index contributed by atoms with van der Waals surface area (Å²) in [6, 6.07) is 15.1. The summed E-state index contributed by atoms with van der Waals surface area (Å²) in [5.74, 6) is -0.0589. The number of ether oxygens (including phenoxy) is 1. The van der Waals surface area contributed by atoms with Gasteiger partial charge in [-0.25, -0.2) is 0 Å². The second kappa shape index (κ2) is 9.23. The van der Waals surface area contributed by atoms with Crippen LogP contribution in [0.2, 0.25) is 0 Å². The van der Waals surface area contributed by atoms with E-state index in [1.807, 2.05) is 6.07 Å². The van der Waals surface area contributed by atoms with Crippen LogP contribution in [0.3, 0.4) is 0 Å². The van der Waals surface area contributed by atoms with E-state index in [2.05, 4.69) is 15.4 Å². The van der Waals surface area contributed by atoms with Crippen LogP contribution < -0.4 is 15.4 Å². The largest absolute Gasteiger partial charge is 0.435 e. The molecule has 0 fully saturated rings. The normalized spacial score (nSPS) is 10.2. The smallest absolute Gasteiger partial charge is 0.387 e. The molecule has 1 amide bonds. The van der Waals surface area contributed by atoms with Gasteiger partial charge in [-0.05, 0) is 48.4 Å². The number of rotatable bonds is 8. The first-order valence-corrected chi connectivity index (χ1v) is 7.61. The van der Waals surface area contributed by atoms with Crippen molar-refractivity contribution in [2.45, 2.75) is 13.0 Å². The zero-order valence-corrected chi connectivity index (χ0v) is 13.3. The standard InChI is InChI=1S/C18H17F2N3O2/c19-18(20)25-16-7-3-13(4-8-16)9-10-22-17(24)12-23-15-5-1-14(11-21)2-6-15/h1-8,18,23H,9-10,12H2,(H,22,24). The second-order valence-electron chi connectivity index (χ2n) is 5.17. The van der Waals surface area contributed by atoms with Gasteiger partial charge in [-0.15, -0.1) is 0 Å². The molecule has 0 aliphatic rings. The molecule has 0 spiro atoms. The number of nitriles is 1. The highest BCUT2D eigenvalue weighted by molar-refractivity contribution is 5.80. The lowest BCUT2D eigenvalue weighted by Gasteiger charge is -2.09. The van der Waals surface area contributed by atoms with E-state index >= 15 is 0 Å². The predicted octanol–water partition coefficient (Wildman–Crippen LogP) is 2.93. The number of benzene rings is 2. The fraction of sp³-hybridized carbons (Fsp3) is 0.222. The summed E-state index contributed by atoms with van der Waals surface area (Å²) in [5.41, 5.74) is 2.21. The summed E-state index contributed by atoms with van der Waals surface area (Å²) in [6.45, 7) is -2.29. The second-order valence-corrected chi connectivity index (χ2v) is 5.17. The first-order valence-electron chi connectivity index (χ1n) is 7.61. The van der Waals surface area contributed by atoms with Crippen LogP contribution in [0.25, 0.3) is 0 Å². The molecular weight excluding hydrogens is 328 g/mol. The van der Waals surface area contributed by atoms with Crippen LogP contribution in [0.5, 0.6) is 5.75 Å². The zero-order chi connectivity index (χ0) is 18.1. The summed E-state index contributed by atoms with van der Waals surface area (Å²) in [5, 5.41) is 14.4. The van der Waals surface area contributed by atoms with Gasteiger partial charge < -0.3 is 15.4 Å². The third-order valence-electron chi connectivity index (χ3n) is 3.35. The Balaban J connectivity index is 1.68. The van der Waals surface area contributed by atoms with Gasteiger partial charge in [0.2, 0.25) is 5.91 Å². The lowest BCUT2D eigenvalue weighted by atomic mass is 10.1. The maximum absolute atomic E-state index is 12.1. The minimum atomic E-state index is -2.84. The Morgan fingerprint density at radius 3 is 2.40 bits per heavy atom. The Hall–Kier alpha value is -3.14. The fourth-order valence-corrected chi connectivity index (χ4v) is 2.09. The van der Waals surface area contributed by atoms with Crippen molar-refractivity contribution < 1.29 is 18.3 Å². The molecule has 0 heterocycles. The summed E-state index contributed by atoms with van der Waals surface area (Å²) >= 11 is 0. The van der Waals surface area contributed by atoms with Gasteiger partial charge in [0.1, 0.15) is 5.75 Å². The number of hydrogen-bond donors (Lipinski definition) is 2. The molecule has 2 N–H and O–H groups in total.